The smallest absolute Gasteiger partial charge is 0.315 e. The third-order valence-electron chi connectivity index (χ3n) is 2.41. The van der Waals surface area contributed by atoms with Crippen LogP contribution in [0.2, 0.25) is 0 Å². The van der Waals surface area contributed by atoms with Crippen LogP contribution in [0, 0.1) is 11.3 Å². The Labute approximate surface area is 106 Å². The van der Waals surface area contributed by atoms with Gasteiger partial charge in [-0.15, -0.1) is 0 Å². The Kier molecular flexibility index (Phi) is 5.18. The first-order valence-corrected chi connectivity index (χ1v) is 5.96. The molecule has 0 bridgehead atoms. The van der Waals surface area contributed by atoms with Crippen LogP contribution >= 0.6 is 0 Å². The zero-order valence-electron chi connectivity index (χ0n) is 10.9. The molecule has 18 heavy (non-hydrogen) atoms. The van der Waals surface area contributed by atoms with Crippen molar-refractivity contribution in [2.24, 2.45) is 0 Å². The van der Waals surface area contributed by atoms with Crippen LogP contribution in [0.25, 0.3) is 0 Å². The summed E-state index contributed by atoms with van der Waals surface area (Å²) in [6.45, 7) is 7.37. The van der Waals surface area contributed by atoms with Gasteiger partial charge in [0.15, 0.2) is 0 Å². The maximum absolute atomic E-state index is 11.3. The number of carbonyl (C=O) groups is 1. The molecule has 0 aliphatic carbocycles. The summed E-state index contributed by atoms with van der Waals surface area (Å²) in [6, 6.07) is 1.97. The van der Waals surface area contributed by atoms with E-state index < -0.39 is 5.97 Å². The molecule has 1 rings (SSSR count). The molecule has 0 aromatic carbocycles. The Balaban J connectivity index is 2.91. The fraction of sp³-hybridized carbons (Fsp3) is 0.583. The van der Waals surface area contributed by atoms with Gasteiger partial charge in [0.1, 0.15) is 12.5 Å². The topological polar surface area (TPSA) is 79.4 Å². The Morgan fingerprint density at radius 2 is 2.11 bits per heavy atom. The lowest BCUT2D eigenvalue weighted by atomic mass is 10.4. The fourth-order valence-corrected chi connectivity index (χ4v) is 1.56. The first kappa shape index (κ1) is 14.0. The Bertz CT molecular complexity index is 444. The van der Waals surface area contributed by atoms with Gasteiger partial charge in [-0.1, -0.05) is 0 Å². The lowest BCUT2D eigenvalue weighted by molar-refractivity contribution is -0.142. The monoisotopic (exact) mass is 251 g/mol. The first-order chi connectivity index (χ1) is 8.65. The van der Waals surface area contributed by atoms with Crippen LogP contribution in [-0.2, 0) is 16.0 Å². The van der Waals surface area contributed by atoms with E-state index >= 15 is 0 Å². The highest BCUT2D eigenvalue weighted by atomic mass is 16.5. The van der Waals surface area contributed by atoms with E-state index in [1.807, 2.05) is 24.8 Å². The SMILES string of the molecule is CCOC(=O)Cc1nc(C#N)c(N(CC)CC)o1. The van der Waals surface area contributed by atoms with Crippen molar-refractivity contribution in [1.82, 2.24) is 4.98 Å². The Morgan fingerprint density at radius 1 is 1.44 bits per heavy atom. The normalized spacial score (nSPS) is 9.89. The highest BCUT2D eigenvalue weighted by Crippen LogP contribution is 2.21. The molecule has 6 nitrogen and oxygen atoms in total. The molecule has 0 radical (unpaired) electrons. The van der Waals surface area contributed by atoms with Gasteiger partial charge in [0.25, 0.3) is 0 Å². The van der Waals surface area contributed by atoms with Gasteiger partial charge >= 0.3 is 5.97 Å². The quantitative estimate of drug-likeness (QED) is 0.713. The van der Waals surface area contributed by atoms with E-state index in [9.17, 15) is 4.79 Å². The largest absolute Gasteiger partial charge is 0.466 e. The van der Waals surface area contributed by atoms with E-state index in [1.54, 1.807) is 6.92 Å². The van der Waals surface area contributed by atoms with Gasteiger partial charge in [0.05, 0.1) is 6.61 Å². The van der Waals surface area contributed by atoms with Gasteiger partial charge in [-0.05, 0) is 20.8 Å². The van der Waals surface area contributed by atoms with Gasteiger partial charge in [0.2, 0.25) is 17.5 Å². The number of oxazole rings is 1. The van der Waals surface area contributed by atoms with E-state index in [-0.39, 0.29) is 18.0 Å². The van der Waals surface area contributed by atoms with Crippen LogP contribution in [-0.4, -0.2) is 30.6 Å². The van der Waals surface area contributed by atoms with Crippen LogP contribution in [0.5, 0.6) is 0 Å². The number of carbonyl (C=O) groups excluding carboxylic acids is 1. The molecule has 98 valence electrons. The number of nitrogens with zero attached hydrogens (tertiary/aromatic N) is 3. The van der Waals surface area contributed by atoms with E-state index in [2.05, 4.69) is 4.98 Å². The van der Waals surface area contributed by atoms with Crippen LogP contribution in [0.1, 0.15) is 32.4 Å². The Morgan fingerprint density at radius 3 is 2.61 bits per heavy atom. The molecule has 0 aliphatic rings. The molecule has 1 heterocycles. The van der Waals surface area contributed by atoms with E-state index in [1.165, 1.54) is 0 Å². The molecule has 0 N–H and O–H groups in total. The second-order valence-electron chi connectivity index (χ2n) is 3.53. The molecule has 0 atom stereocenters. The lowest BCUT2D eigenvalue weighted by Crippen LogP contribution is -2.22. The average Bonchev–Trinajstić information content (AvgIpc) is 2.74. The number of anilines is 1. The number of aromatic nitrogens is 1. The van der Waals surface area contributed by atoms with Gasteiger partial charge in [-0.3, -0.25) is 4.79 Å². The molecule has 1 aromatic heterocycles. The van der Waals surface area contributed by atoms with Crippen molar-refractivity contribution in [3.05, 3.63) is 11.6 Å². The number of esters is 1. The fourth-order valence-electron chi connectivity index (χ4n) is 1.56. The lowest BCUT2D eigenvalue weighted by Gasteiger charge is -2.16. The molecule has 0 saturated heterocycles. The number of hydrogen-bond donors (Lipinski definition) is 0. The second-order valence-corrected chi connectivity index (χ2v) is 3.53. The van der Waals surface area contributed by atoms with Crippen molar-refractivity contribution >= 4 is 11.9 Å². The third-order valence-corrected chi connectivity index (χ3v) is 2.41. The minimum atomic E-state index is -0.408. The van der Waals surface area contributed by atoms with Gasteiger partial charge < -0.3 is 14.1 Å². The highest BCUT2D eigenvalue weighted by molar-refractivity contribution is 5.71. The standard InChI is InChI=1S/C12H17N3O3/c1-4-15(5-2)12-9(8-13)14-10(18-12)7-11(16)17-6-3/h4-7H2,1-3H3. The molecule has 6 heteroatoms. The van der Waals surface area contributed by atoms with Gasteiger partial charge in [0, 0.05) is 13.1 Å². The number of ether oxygens (including phenoxy) is 1. The summed E-state index contributed by atoms with van der Waals surface area (Å²) in [5.74, 6) is 0.225. The van der Waals surface area contributed by atoms with Crippen molar-refractivity contribution in [3.63, 3.8) is 0 Å². The number of hydrogen-bond acceptors (Lipinski definition) is 6. The summed E-state index contributed by atoms with van der Waals surface area (Å²) >= 11 is 0. The van der Waals surface area contributed by atoms with Crippen molar-refractivity contribution in [1.29, 1.82) is 5.26 Å². The molecule has 0 amide bonds. The van der Waals surface area contributed by atoms with Gasteiger partial charge in [-0.2, -0.15) is 10.2 Å². The minimum absolute atomic E-state index is 0.0518. The molecule has 0 saturated carbocycles. The second kappa shape index (κ2) is 6.64. The molecular weight excluding hydrogens is 234 g/mol. The van der Waals surface area contributed by atoms with E-state index in [0.29, 0.717) is 25.6 Å². The summed E-state index contributed by atoms with van der Waals surface area (Å²) in [5.41, 5.74) is 0.206. The van der Waals surface area contributed by atoms with Crippen LogP contribution < -0.4 is 4.90 Å². The number of nitriles is 1. The molecular formula is C12H17N3O3. The molecule has 0 spiro atoms. The first-order valence-electron chi connectivity index (χ1n) is 5.96. The Hall–Kier alpha value is -2.03. The highest BCUT2D eigenvalue weighted by Gasteiger charge is 2.19. The summed E-state index contributed by atoms with van der Waals surface area (Å²) < 4.78 is 10.3. The van der Waals surface area contributed by atoms with Crippen molar-refractivity contribution in [2.75, 3.05) is 24.6 Å². The van der Waals surface area contributed by atoms with Crippen LogP contribution in [0.15, 0.2) is 4.42 Å². The summed E-state index contributed by atoms with van der Waals surface area (Å²) in [5, 5.41) is 8.99. The van der Waals surface area contributed by atoms with Crippen molar-refractivity contribution in [2.45, 2.75) is 27.2 Å². The molecule has 0 unspecified atom stereocenters. The van der Waals surface area contributed by atoms with E-state index in [0.717, 1.165) is 0 Å². The number of rotatable bonds is 6. The summed E-state index contributed by atoms with van der Waals surface area (Å²) in [4.78, 5) is 17.2. The van der Waals surface area contributed by atoms with Crippen molar-refractivity contribution < 1.29 is 13.9 Å². The zero-order chi connectivity index (χ0) is 13.5. The predicted molar refractivity (Wildman–Crippen MR) is 65.1 cm³/mol. The maximum Gasteiger partial charge on any atom is 0.315 e. The molecule has 1 aromatic rings. The van der Waals surface area contributed by atoms with Crippen LogP contribution in [0.4, 0.5) is 5.88 Å². The van der Waals surface area contributed by atoms with Gasteiger partial charge in [-0.25, -0.2) is 0 Å². The summed E-state index contributed by atoms with van der Waals surface area (Å²) in [6.07, 6.45) is -0.0518. The predicted octanol–water partition coefficient (Wildman–Crippen LogP) is 1.50. The minimum Gasteiger partial charge on any atom is -0.466 e. The van der Waals surface area contributed by atoms with Crippen molar-refractivity contribution in [3.8, 4) is 6.07 Å². The molecule has 0 aliphatic heterocycles. The van der Waals surface area contributed by atoms with E-state index in [4.69, 9.17) is 14.4 Å². The third kappa shape index (κ3) is 3.23. The average molecular weight is 251 g/mol. The zero-order valence-corrected chi connectivity index (χ0v) is 10.9. The maximum atomic E-state index is 11.3. The summed E-state index contributed by atoms with van der Waals surface area (Å²) in [7, 11) is 0. The molecule has 0 fully saturated rings. The van der Waals surface area contributed by atoms with Crippen LogP contribution in [0.3, 0.4) is 0 Å².